The van der Waals surface area contributed by atoms with E-state index in [9.17, 15) is 9.90 Å². The molecule has 0 aliphatic carbocycles. The van der Waals surface area contributed by atoms with E-state index in [-0.39, 0.29) is 18.7 Å². The molecular weight excluding hydrogens is 230 g/mol. The van der Waals surface area contributed by atoms with Gasteiger partial charge in [-0.1, -0.05) is 0 Å². The summed E-state index contributed by atoms with van der Waals surface area (Å²) in [5.74, 6) is 0. The van der Waals surface area contributed by atoms with Gasteiger partial charge in [-0.2, -0.15) is 5.26 Å². The van der Waals surface area contributed by atoms with Gasteiger partial charge in [-0.15, -0.1) is 0 Å². The van der Waals surface area contributed by atoms with Gasteiger partial charge in [0, 0.05) is 19.3 Å². The first kappa shape index (κ1) is 12.4. The third-order valence-electron chi connectivity index (χ3n) is 3.20. The number of benzene rings is 1. The van der Waals surface area contributed by atoms with Crippen LogP contribution in [0.2, 0.25) is 0 Å². The molecule has 0 bridgehead atoms. The maximum absolute atomic E-state index is 12.0. The van der Waals surface area contributed by atoms with Gasteiger partial charge in [0.25, 0.3) is 0 Å². The number of likely N-dealkylation sites (N-methyl/N-ethyl adjacent to an activating group) is 1. The number of nitriles is 1. The first-order valence-corrected chi connectivity index (χ1v) is 5.74. The molecule has 0 unspecified atom stereocenters. The Kier molecular flexibility index (Phi) is 3.21. The molecule has 94 valence electrons. The maximum atomic E-state index is 12.0. The highest BCUT2D eigenvalue weighted by molar-refractivity contribution is 5.95. The van der Waals surface area contributed by atoms with Crippen LogP contribution in [0.15, 0.2) is 18.2 Å². The van der Waals surface area contributed by atoms with E-state index in [1.54, 1.807) is 35.0 Å². The number of aliphatic hydroxyl groups excluding tert-OH is 1. The lowest BCUT2D eigenvalue weighted by Gasteiger charge is -2.22. The lowest BCUT2D eigenvalue weighted by atomic mass is 10.1. The summed E-state index contributed by atoms with van der Waals surface area (Å²) in [6.07, 6.45) is 0. The largest absolute Gasteiger partial charge is 0.394 e. The highest BCUT2D eigenvalue weighted by atomic mass is 16.3. The molecule has 1 fully saturated rings. The summed E-state index contributed by atoms with van der Waals surface area (Å²) in [6, 6.07) is 6.99. The summed E-state index contributed by atoms with van der Waals surface area (Å²) in [5.41, 5.74) is 2.15. The molecule has 5 heteroatoms. The van der Waals surface area contributed by atoms with Crippen molar-refractivity contribution in [3.63, 3.8) is 0 Å². The number of urea groups is 1. The van der Waals surface area contributed by atoms with Crippen LogP contribution in [-0.4, -0.2) is 42.3 Å². The van der Waals surface area contributed by atoms with E-state index in [0.717, 1.165) is 11.3 Å². The fourth-order valence-corrected chi connectivity index (χ4v) is 2.20. The van der Waals surface area contributed by atoms with E-state index in [1.807, 2.05) is 6.92 Å². The SMILES string of the molecule is Cc1cc(N2C(=O)N(C)C[C@@H]2CO)ccc1C#N. The van der Waals surface area contributed by atoms with Gasteiger partial charge in [-0.3, -0.25) is 4.90 Å². The van der Waals surface area contributed by atoms with Gasteiger partial charge in [-0.05, 0) is 30.7 Å². The summed E-state index contributed by atoms with van der Waals surface area (Å²) in [7, 11) is 1.71. The van der Waals surface area contributed by atoms with E-state index in [0.29, 0.717) is 12.1 Å². The number of aliphatic hydroxyl groups is 1. The molecule has 2 rings (SSSR count). The molecule has 1 aliphatic rings. The topological polar surface area (TPSA) is 67.6 Å². The van der Waals surface area contributed by atoms with Crippen molar-refractivity contribution in [2.75, 3.05) is 25.1 Å². The molecule has 0 saturated carbocycles. The zero-order valence-electron chi connectivity index (χ0n) is 10.4. The van der Waals surface area contributed by atoms with Crippen LogP contribution in [-0.2, 0) is 0 Å². The van der Waals surface area contributed by atoms with Crippen LogP contribution in [0.4, 0.5) is 10.5 Å². The molecule has 1 aliphatic heterocycles. The number of amides is 2. The second-order valence-corrected chi connectivity index (χ2v) is 4.48. The highest BCUT2D eigenvalue weighted by Crippen LogP contribution is 2.25. The van der Waals surface area contributed by atoms with E-state index in [4.69, 9.17) is 5.26 Å². The second kappa shape index (κ2) is 4.67. The van der Waals surface area contributed by atoms with Crippen molar-refractivity contribution in [3.05, 3.63) is 29.3 Å². The van der Waals surface area contributed by atoms with Crippen molar-refractivity contribution >= 4 is 11.7 Å². The van der Waals surface area contributed by atoms with E-state index in [2.05, 4.69) is 6.07 Å². The Labute approximate surface area is 106 Å². The Balaban J connectivity index is 2.39. The van der Waals surface area contributed by atoms with Crippen molar-refractivity contribution in [1.82, 2.24) is 4.90 Å². The number of hydrogen-bond donors (Lipinski definition) is 1. The third-order valence-corrected chi connectivity index (χ3v) is 3.20. The van der Waals surface area contributed by atoms with Gasteiger partial charge >= 0.3 is 6.03 Å². The van der Waals surface area contributed by atoms with Crippen molar-refractivity contribution in [2.24, 2.45) is 0 Å². The minimum atomic E-state index is -0.227. The molecule has 2 amide bonds. The normalized spacial score (nSPS) is 19.2. The van der Waals surface area contributed by atoms with Crippen molar-refractivity contribution in [1.29, 1.82) is 5.26 Å². The zero-order valence-corrected chi connectivity index (χ0v) is 10.4. The van der Waals surface area contributed by atoms with E-state index in [1.165, 1.54) is 0 Å². The summed E-state index contributed by atoms with van der Waals surface area (Å²) in [4.78, 5) is 15.2. The van der Waals surface area contributed by atoms with Gasteiger partial charge in [0.15, 0.2) is 0 Å². The molecule has 1 aromatic carbocycles. The highest BCUT2D eigenvalue weighted by Gasteiger charge is 2.35. The summed E-state index contributed by atoms with van der Waals surface area (Å²) in [6.45, 7) is 2.27. The lowest BCUT2D eigenvalue weighted by Crippen LogP contribution is -2.36. The monoisotopic (exact) mass is 245 g/mol. The van der Waals surface area contributed by atoms with Crippen LogP contribution >= 0.6 is 0 Å². The molecule has 18 heavy (non-hydrogen) atoms. The molecule has 0 radical (unpaired) electrons. The van der Waals surface area contributed by atoms with E-state index >= 15 is 0 Å². The van der Waals surface area contributed by atoms with Gasteiger partial charge in [-0.25, -0.2) is 4.79 Å². The average molecular weight is 245 g/mol. The van der Waals surface area contributed by atoms with Crippen LogP contribution in [0.3, 0.4) is 0 Å². The summed E-state index contributed by atoms with van der Waals surface area (Å²) < 4.78 is 0. The van der Waals surface area contributed by atoms with E-state index < -0.39 is 0 Å². The standard InChI is InChI=1S/C13H15N3O2/c1-9-5-11(4-3-10(9)6-14)16-12(8-17)7-15(2)13(16)18/h3-5,12,17H,7-8H2,1-2H3/t12-/m1/s1. The minimum Gasteiger partial charge on any atom is -0.394 e. The first-order valence-electron chi connectivity index (χ1n) is 5.74. The Morgan fingerprint density at radius 1 is 1.56 bits per heavy atom. The van der Waals surface area contributed by atoms with Crippen molar-refractivity contribution < 1.29 is 9.90 Å². The molecule has 1 saturated heterocycles. The number of carbonyl (C=O) groups excluding carboxylic acids is 1. The average Bonchev–Trinajstić information content (AvgIpc) is 2.65. The molecule has 0 aromatic heterocycles. The van der Waals surface area contributed by atoms with Crippen LogP contribution in [0.1, 0.15) is 11.1 Å². The van der Waals surface area contributed by atoms with Crippen LogP contribution in [0.5, 0.6) is 0 Å². The van der Waals surface area contributed by atoms with Crippen LogP contribution in [0.25, 0.3) is 0 Å². The number of aryl methyl sites for hydroxylation is 1. The number of anilines is 1. The number of hydrogen-bond acceptors (Lipinski definition) is 3. The van der Waals surface area contributed by atoms with Crippen molar-refractivity contribution in [3.8, 4) is 6.07 Å². The summed E-state index contributed by atoms with van der Waals surface area (Å²) in [5, 5.41) is 18.2. The molecule has 5 nitrogen and oxygen atoms in total. The lowest BCUT2D eigenvalue weighted by molar-refractivity contribution is 0.229. The van der Waals surface area contributed by atoms with Crippen molar-refractivity contribution in [2.45, 2.75) is 13.0 Å². The molecule has 1 aromatic rings. The minimum absolute atomic E-state index is 0.0743. The molecule has 1 heterocycles. The van der Waals surface area contributed by atoms with Crippen LogP contribution in [0, 0.1) is 18.3 Å². The molecule has 1 atom stereocenters. The van der Waals surface area contributed by atoms with Crippen LogP contribution < -0.4 is 4.90 Å². The zero-order chi connectivity index (χ0) is 13.3. The van der Waals surface area contributed by atoms with Gasteiger partial charge in [0.1, 0.15) is 0 Å². The second-order valence-electron chi connectivity index (χ2n) is 4.48. The summed E-state index contributed by atoms with van der Waals surface area (Å²) >= 11 is 0. The Bertz CT molecular complexity index is 521. The smallest absolute Gasteiger partial charge is 0.324 e. The Morgan fingerprint density at radius 2 is 2.28 bits per heavy atom. The maximum Gasteiger partial charge on any atom is 0.324 e. The predicted octanol–water partition coefficient (Wildman–Crippen LogP) is 1.10. The fourth-order valence-electron chi connectivity index (χ4n) is 2.20. The Hall–Kier alpha value is -2.06. The van der Waals surface area contributed by atoms with Gasteiger partial charge in [0.05, 0.1) is 24.3 Å². The third kappa shape index (κ3) is 1.91. The molecular formula is C13H15N3O2. The quantitative estimate of drug-likeness (QED) is 0.848. The number of rotatable bonds is 2. The molecule has 1 N–H and O–H groups in total. The fraction of sp³-hybridized carbons (Fsp3) is 0.385. The predicted molar refractivity (Wildman–Crippen MR) is 67.3 cm³/mol. The van der Waals surface area contributed by atoms with Gasteiger partial charge < -0.3 is 10.0 Å². The Morgan fingerprint density at radius 3 is 2.83 bits per heavy atom. The number of carbonyl (C=O) groups is 1. The first-order chi connectivity index (χ1) is 8.58. The van der Waals surface area contributed by atoms with Gasteiger partial charge in [0.2, 0.25) is 0 Å². The molecule has 0 spiro atoms. The number of nitrogens with zero attached hydrogens (tertiary/aromatic N) is 3.